The van der Waals surface area contributed by atoms with Gasteiger partial charge in [0.2, 0.25) is 5.91 Å². The summed E-state index contributed by atoms with van der Waals surface area (Å²) in [4.78, 5) is 15.1. The molecule has 1 amide bonds. The summed E-state index contributed by atoms with van der Waals surface area (Å²) < 4.78 is 14.3. The fraction of sp³-hybridized carbons (Fsp3) is 0.562. The molecule has 21 heavy (non-hydrogen) atoms. The predicted octanol–water partition coefficient (Wildman–Crippen LogP) is 1.99. The van der Waals surface area contributed by atoms with E-state index in [1.54, 1.807) is 17.9 Å². The Morgan fingerprint density at radius 2 is 1.95 bits per heavy atom. The van der Waals surface area contributed by atoms with Crippen LogP contribution in [0.25, 0.3) is 0 Å². The number of piperazine rings is 1. The van der Waals surface area contributed by atoms with Gasteiger partial charge in [0.25, 0.3) is 0 Å². The Kier molecular flexibility index (Phi) is 5.17. The summed E-state index contributed by atoms with van der Waals surface area (Å²) in [6.07, 6.45) is 0. The number of rotatable bonds is 4. The molecule has 2 rings (SSSR count). The summed E-state index contributed by atoms with van der Waals surface area (Å²) in [7, 11) is 0. The molecule has 4 nitrogen and oxygen atoms in total. The lowest BCUT2D eigenvalue weighted by Crippen LogP contribution is -2.48. The van der Waals surface area contributed by atoms with E-state index in [9.17, 15) is 9.18 Å². The third kappa shape index (κ3) is 4.17. The summed E-state index contributed by atoms with van der Waals surface area (Å²) in [5.41, 5.74) is 1.58. The van der Waals surface area contributed by atoms with Gasteiger partial charge in [-0.1, -0.05) is 19.9 Å². The zero-order valence-corrected chi connectivity index (χ0v) is 13.0. The van der Waals surface area contributed by atoms with Crippen molar-refractivity contribution >= 4 is 11.6 Å². The molecule has 0 spiro atoms. The van der Waals surface area contributed by atoms with Gasteiger partial charge in [-0.2, -0.15) is 0 Å². The lowest BCUT2D eigenvalue weighted by atomic mass is 10.1. The number of carbonyl (C=O) groups excluding carboxylic acids is 1. The first-order chi connectivity index (χ1) is 9.97. The summed E-state index contributed by atoms with van der Waals surface area (Å²) in [5.74, 6) is -0.0976. The molecule has 0 radical (unpaired) electrons. The van der Waals surface area contributed by atoms with Gasteiger partial charge in [0.15, 0.2) is 0 Å². The number of amides is 1. The fourth-order valence-electron chi connectivity index (χ4n) is 2.50. The number of nitrogens with one attached hydrogen (secondary N) is 1. The molecular weight excluding hydrogens is 269 g/mol. The van der Waals surface area contributed by atoms with E-state index in [0.717, 1.165) is 5.56 Å². The Balaban J connectivity index is 1.99. The Bertz CT molecular complexity index is 496. The van der Waals surface area contributed by atoms with E-state index in [2.05, 4.69) is 19.2 Å². The molecule has 0 atom stereocenters. The number of halogens is 1. The van der Waals surface area contributed by atoms with Crippen LogP contribution in [-0.2, 0) is 11.3 Å². The van der Waals surface area contributed by atoms with E-state index >= 15 is 0 Å². The van der Waals surface area contributed by atoms with Crippen molar-refractivity contribution in [3.05, 3.63) is 29.6 Å². The topological polar surface area (TPSA) is 35.6 Å². The molecule has 1 aliphatic heterocycles. The average Bonchev–Trinajstić information content (AvgIpc) is 2.45. The minimum Gasteiger partial charge on any atom is -0.366 e. The van der Waals surface area contributed by atoms with Crippen molar-refractivity contribution in [1.82, 2.24) is 10.2 Å². The highest BCUT2D eigenvalue weighted by Gasteiger charge is 2.20. The Hall–Kier alpha value is -1.62. The first kappa shape index (κ1) is 15.8. The lowest BCUT2D eigenvalue weighted by Gasteiger charge is -2.35. The minimum atomic E-state index is -0.186. The van der Waals surface area contributed by atoms with Gasteiger partial charge in [-0.15, -0.1) is 0 Å². The molecule has 1 N–H and O–H groups in total. The van der Waals surface area contributed by atoms with Gasteiger partial charge in [0.05, 0.1) is 5.69 Å². The summed E-state index contributed by atoms with van der Waals surface area (Å²) in [6.45, 7) is 9.06. The maximum atomic E-state index is 14.3. The van der Waals surface area contributed by atoms with Crippen molar-refractivity contribution < 1.29 is 9.18 Å². The van der Waals surface area contributed by atoms with Crippen LogP contribution in [0, 0.1) is 5.82 Å². The second kappa shape index (κ2) is 6.89. The monoisotopic (exact) mass is 293 g/mol. The Labute approximate surface area is 125 Å². The highest BCUT2D eigenvalue weighted by molar-refractivity contribution is 5.73. The van der Waals surface area contributed by atoms with Crippen molar-refractivity contribution in [3.63, 3.8) is 0 Å². The highest BCUT2D eigenvalue weighted by atomic mass is 19.1. The van der Waals surface area contributed by atoms with E-state index in [1.165, 1.54) is 0 Å². The normalized spacial score (nSPS) is 15.7. The largest absolute Gasteiger partial charge is 0.366 e. The number of nitrogens with zero attached hydrogens (tertiary/aromatic N) is 2. The van der Waals surface area contributed by atoms with E-state index in [1.807, 2.05) is 17.0 Å². The van der Waals surface area contributed by atoms with Gasteiger partial charge < -0.3 is 15.1 Å². The number of hydrogen-bond donors (Lipinski definition) is 1. The molecule has 1 saturated heterocycles. The molecule has 5 heteroatoms. The van der Waals surface area contributed by atoms with Gasteiger partial charge >= 0.3 is 0 Å². The summed E-state index contributed by atoms with van der Waals surface area (Å²) >= 11 is 0. The molecule has 116 valence electrons. The number of benzene rings is 1. The Morgan fingerprint density at radius 3 is 2.48 bits per heavy atom. The van der Waals surface area contributed by atoms with Crippen LogP contribution < -0.4 is 10.2 Å². The Morgan fingerprint density at radius 1 is 1.29 bits per heavy atom. The molecule has 0 bridgehead atoms. The zero-order valence-electron chi connectivity index (χ0n) is 13.0. The van der Waals surface area contributed by atoms with Crippen LogP contribution in [0.4, 0.5) is 10.1 Å². The third-order valence-corrected chi connectivity index (χ3v) is 3.79. The van der Waals surface area contributed by atoms with Crippen LogP contribution in [0.2, 0.25) is 0 Å². The number of hydrogen-bond acceptors (Lipinski definition) is 3. The van der Waals surface area contributed by atoms with Crippen molar-refractivity contribution in [2.24, 2.45) is 0 Å². The van der Waals surface area contributed by atoms with Gasteiger partial charge in [-0.25, -0.2) is 4.39 Å². The predicted molar refractivity (Wildman–Crippen MR) is 82.8 cm³/mol. The highest BCUT2D eigenvalue weighted by Crippen LogP contribution is 2.22. The van der Waals surface area contributed by atoms with Gasteiger partial charge in [-0.05, 0) is 17.7 Å². The second-order valence-corrected chi connectivity index (χ2v) is 5.81. The van der Waals surface area contributed by atoms with Crippen molar-refractivity contribution in [1.29, 1.82) is 0 Å². The van der Waals surface area contributed by atoms with Gasteiger partial charge in [0, 0.05) is 45.7 Å². The first-order valence-electron chi connectivity index (χ1n) is 7.49. The molecule has 1 aromatic rings. The van der Waals surface area contributed by atoms with Gasteiger partial charge in [-0.3, -0.25) is 4.79 Å². The average molecular weight is 293 g/mol. The molecule has 0 saturated carbocycles. The maximum absolute atomic E-state index is 14.3. The molecular formula is C16H24FN3O. The van der Waals surface area contributed by atoms with Crippen LogP contribution in [0.15, 0.2) is 18.2 Å². The van der Waals surface area contributed by atoms with Crippen molar-refractivity contribution in [2.45, 2.75) is 33.4 Å². The molecule has 1 fully saturated rings. The van der Waals surface area contributed by atoms with Crippen LogP contribution in [-0.4, -0.2) is 43.0 Å². The van der Waals surface area contributed by atoms with Crippen LogP contribution >= 0.6 is 0 Å². The first-order valence-corrected chi connectivity index (χ1v) is 7.49. The quantitative estimate of drug-likeness (QED) is 0.922. The molecule has 1 heterocycles. The minimum absolute atomic E-state index is 0.0882. The van der Waals surface area contributed by atoms with E-state index in [4.69, 9.17) is 0 Å². The third-order valence-electron chi connectivity index (χ3n) is 3.79. The number of anilines is 1. The smallest absolute Gasteiger partial charge is 0.219 e. The standard InChI is InChI=1S/C16H24FN3O/c1-12(2)18-11-14-4-5-16(15(17)10-14)20-8-6-19(7-9-20)13(3)21/h4-5,10,12,18H,6-9,11H2,1-3H3. The van der Waals surface area contributed by atoms with Crippen LogP contribution in [0.5, 0.6) is 0 Å². The zero-order chi connectivity index (χ0) is 15.4. The second-order valence-electron chi connectivity index (χ2n) is 5.81. The van der Waals surface area contributed by atoms with E-state index in [-0.39, 0.29) is 11.7 Å². The van der Waals surface area contributed by atoms with Crippen LogP contribution in [0.3, 0.4) is 0 Å². The van der Waals surface area contributed by atoms with E-state index < -0.39 is 0 Å². The number of carbonyl (C=O) groups is 1. The van der Waals surface area contributed by atoms with Crippen LogP contribution in [0.1, 0.15) is 26.3 Å². The summed E-state index contributed by atoms with van der Waals surface area (Å²) in [6, 6.07) is 5.79. The van der Waals surface area contributed by atoms with Crippen molar-refractivity contribution in [3.8, 4) is 0 Å². The fourth-order valence-corrected chi connectivity index (χ4v) is 2.50. The van der Waals surface area contributed by atoms with E-state index in [0.29, 0.717) is 44.5 Å². The molecule has 0 aliphatic carbocycles. The molecule has 1 aromatic carbocycles. The summed E-state index contributed by atoms with van der Waals surface area (Å²) in [5, 5.41) is 3.28. The SMILES string of the molecule is CC(=O)N1CCN(c2ccc(CNC(C)C)cc2F)CC1. The lowest BCUT2D eigenvalue weighted by molar-refractivity contribution is -0.129. The molecule has 0 unspecified atom stereocenters. The van der Waals surface area contributed by atoms with Crippen molar-refractivity contribution in [2.75, 3.05) is 31.1 Å². The molecule has 1 aliphatic rings. The maximum Gasteiger partial charge on any atom is 0.219 e. The molecule has 0 aromatic heterocycles. The van der Waals surface area contributed by atoms with Gasteiger partial charge in [0.1, 0.15) is 5.82 Å².